The Hall–Kier alpha value is -7.94. The highest BCUT2D eigenvalue weighted by Crippen LogP contribution is 2.56. The SMILES string of the molecule is c1ccc(-c2ccc(N(c3ccc(-c4ccc(C5(c6ccccc6)c6cccc7oc8cccc5c8c67)cc4)cc3)c3ccc(-c4cccc5ccccc45)cc3)cc2)cc1. The zero-order valence-electron chi connectivity index (χ0n) is 33.4. The van der Waals surface area contributed by atoms with E-state index in [4.69, 9.17) is 4.42 Å². The molecule has 2 nitrogen and oxygen atoms in total. The van der Waals surface area contributed by atoms with Gasteiger partial charge in [0.2, 0.25) is 0 Å². The van der Waals surface area contributed by atoms with Crippen molar-refractivity contribution in [3.05, 3.63) is 259 Å². The van der Waals surface area contributed by atoms with Crippen molar-refractivity contribution in [2.75, 3.05) is 4.90 Å². The summed E-state index contributed by atoms with van der Waals surface area (Å²) in [7, 11) is 0. The Morgan fingerprint density at radius 1 is 0.311 bits per heavy atom. The van der Waals surface area contributed by atoms with E-state index in [2.05, 4.69) is 241 Å². The van der Waals surface area contributed by atoms with Gasteiger partial charge in [-0.15, -0.1) is 0 Å². The van der Waals surface area contributed by atoms with E-state index in [1.807, 2.05) is 0 Å². The summed E-state index contributed by atoms with van der Waals surface area (Å²) in [4.78, 5) is 2.35. The van der Waals surface area contributed by atoms with Crippen LogP contribution in [0.1, 0.15) is 22.3 Å². The largest absolute Gasteiger partial charge is 0.456 e. The lowest BCUT2D eigenvalue weighted by Crippen LogP contribution is -2.28. The van der Waals surface area contributed by atoms with Gasteiger partial charge in [-0.1, -0.05) is 188 Å². The van der Waals surface area contributed by atoms with Crippen molar-refractivity contribution < 1.29 is 4.42 Å². The average Bonchev–Trinajstić information content (AvgIpc) is 3.88. The van der Waals surface area contributed by atoms with E-state index in [9.17, 15) is 0 Å². The molecule has 12 rings (SSSR count). The Morgan fingerprint density at radius 3 is 1.31 bits per heavy atom. The van der Waals surface area contributed by atoms with Crippen LogP contribution in [0.25, 0.3) is 66.1 Å². The van der Waals surface area contributed by atoms with Crippen molar-refractivity contribution in [2.24, 2.45) is 0 Å². The second-order valence-electron chi connectivity index (χ2n) is 16.0. The molecule has 2 heteroatoms. The maximum Gasteiger partial charge on any atom is 0.135 e. The van der Waals surface area contributed by atoms with Crippen LogP contribution in [-0.4, -0.2) is 0 Å². The summed E-state index contributed by atoms with van der Waals surface area (Å²) in [6.07, 6.45) is 0. The van der Waals surface area contributed by atoms with E-state index in [0.29, 0.717) is 0 Å². The van der Waals surface area contributed by atoms with Crippen molar-refractivity contribution in [3.63, 3.8) is 0 Å². The number of furan rings is 1. The number of fused-ring (bicyclic) bond motifs is 1. The molecule has 1 aliphatic rings. The van der Waals surface area contributed by atoms with Gasteiger partial charge in [0.05, 0.1) is 5.41 Å². The molecule has 0 atom stereocenters. The fourth-order valence-electron chi connectivity index (χ4n) is 9.98. The van der Waals surface area contributed by atoms with E-state index in [1.165, 1.54) is 77.2 Å². The zero-order chi connectivity index (χ0) is 40.3. The molecule has 0 fully saturated rings. The van der Waals surface area contributed by atoms with Crippen LogP contribution in [0.15, 0.2) is 241 Å². The zero-order valence-corrected chi connectivity index (χ0v) is 33.4. The van der Waals surface area contributed by atoms with Gasteiger partial charge >= 0.3 is 0 Å². The van der Waals surface area contributed by atoms with E-state index in [0.717, 1.165) is 28.2 Å². The summed E-state index contributed by atoms with van der Waals surface area (Å²) >= 11 is 0. The summed E-state index contributed by atoms with van der Waals surface area (Å²) in [6, 6.07) is 85.8. The molecule has 11 aromatic rings. The molecular formula is C59H39NO. The monoisotopic (exact) mass is 777 g/mol. The normalized spacial score (nSPS) is 12.7. The second-order valence-corrected chi connectivity index (χ2v) is 16.0. The molecule has 0 bridgehead atoms. The molecule has 286 valence electrons. The van der Waals surface area contributed by atoms with Crippen molar-refractivity contribution in [2.45, 2.75) is 5.41 Å². The first-order valence-electron chi connectivity index (χ1n) is 21.0. The molecule has 10 aromatic carbocycles. The maximum atomic E-state index is 6.36. The minimum absolute atomic E-state index is 0.455. The number of anilines is 3. The summed E-state index contributed by atoms with van der Waals surface area (Å²) in [5, 5.41) is 4.95. The molecule has 1 heterocycles. The van der Waals surface area contributed by atoms with Crippen LogP contribution in [0, 0.1) is 0 Å². The van der Waals surface area contributed by atoms with Gasteiger partial charge in [-0.3, -0.25) is 0 Å². The van der Waals surface area contributed by atoms with Gasteiger partial charge in [0, 0.05) is 27.8 Å². The van der Waals surface area contributed by atoms with Gasteiger partial charge in [0.25, 0.3) is 0 Å². The molecule has 61 heavy (non-hydrogen) atoms. The lowest BCUT2D eigenvalue weighted by Gasteiger charge is -2.34. The topological polar surface area (TPSA) is 16.4 Å². The Labute approximate surface area is 355 Å². The molecule has 0 saturated heterocycles. The first-order chi connectivity index (χ1) is 30.2. The highest BCUT2D eigenvalue weighted by atomic mass is 16.3. The number of nitrogens with zero attached hydrogens (tertiary/aromatic N) is 1. The first kappa shape index (κ1) is 35.0. The quantitative estimate of drug-likeness (QED) is 0.153. The van der Waals surface area contributed by atoms with E-state index in [-0.39, 0.29) is 0 Å². The molecule has 0 aliphatic heterocycles. The minimum Gasteiger partial charge on any atom is -0.456 e. The van der Waals surface area contributed by atoms with Crippen LogP contribution in [0.3, 0.4) is 0 Å². The molecule has 0 amide bonds. The maximum absolute atomic E-state index is 6.36. The van der Waals surface area contributed by atoms with Gasteiger partial charge in [-0.25, -0.2) is 0 Å². The summed E-state index contributed by atoms with van der Waals surface area (Å²) in [5.41, 5.74) is 16.9. The highest BCUT2D eigenvalue weighted by molar-refractivity contribution is 6.14. The van der Waals surface area contributed by atoms with Crippen molar-refractivity contribution in [1.82, 2.24) is 0 Å². The predicted octanol–water partition coefficient (Wildman–Crippen LogP) is 15.9. The summed E-state index contributed by atoms with van der Waals surface area (Å²) < 4.78 is 6.36. The summed E-state index contributed by atoms with van der Waals surface area (Å²) in [6.45, 7) is 0. The fourth-order valence-corrected chi connectivity index (χ4v) is 9.98. The lowest BCUT2D eigenvalue weighted by molar-refractivity contribution is 0.663. The molecule has 0 saturated carbocycles. The van der Waals surface area contributed by atoms with Crippen molar-refractivity contribution >= 4 is 49.8 Å². The van der Waals surface area contributed by atoms with Crippen molar-refractivity contribution in [3.8, 4) is 33.4 Å². The molecule has 1 aliphatic carbocycles. The van der Waals surface area contributed by atoms with Crippen LogP contribution >= 0.6 is 0 Å². The second kappa shape index (κ2) is 14.1. The number of hydrogen-bond donors (Lipinski definition) is 0. The Kier molecular flexibility index (Phi) is 8.11. The average molecular weight is 778 g/mol. The Morgan fingerprint density at radius 2 is 0.738 bits per heavy atom. The van der Waals surface area contributed by atoms with Crippen LogP contribution < -0.4 is 4.90 Å². The van der Waals surface area contributed by atoms with Crippen LogP contribution in [0.4, 0.5) is 17.1 Å². The van der Waals surface area contributed by atoms with Gasteiger partial charge < -0.3 is 9.32 Å². The highest BCUT2D eigenvalue weighted by Gasteiger charge is 2.46. The number of benzene rings is 10. The van der Waals surface area contributed by atoms with Crippen molar-refractivity contribution in [1.29, 1.82) is 0 Å². The molecule has 0 unspecified atom stereocenters. The molecule has 1 aromatic heterocycles. The standard InChI is InChI=1S/C59H39NO/c1-3-12-40(13-4-1)42-26-34-48(35-27-42)60(50-38-30-45(31-39-50)52-19-9-15-44-14-7-8-18-51(44)52)49-36-28-43(29-37-49)41-24-32-47(33-25-41)59(46-16-5-2-6-17-46)53-20-10-22-55-57(53)58-54(59)21-11-23-56(58)61-55/h1-39H. The predicted molar refractivity (Wildman–Crippen MR) is 254 cm³/mol. The molecular weight excluding hydrogens is 739 g/mol. The van der Waals surface area contributed by atoms with E-state index in [1.54, 1.807) is 0 Å². The van der Waals surface area contributed by atoms with Gasteiger partial charge in [0.15, 0.2) is 0 Å². The fraction of sp³-hybridized carbons (Fsp3) is 0.0169. The van der Waals surface area contributed by atoms with Crippen LogP contribution in [-0.2, 0) is 5.41 Å². The molecule has 0 N–H and O–H groups in total. The Bertz CT molecular complexity index is 3300. The number of hydrogen-bond acceptors (Lipinski definition) is 2. The van der Waals surface area contributed by atoms with Gasteiger partial charge in [-0.05, 0) is 115 Å². The summed E-state index contributed by atoms with van der Waals surface area (Å²) in [5.74, 6) is 0. The van der Waals surface area contributed by atoms with Gasteiger partial charge in [0.1, 0.15) is 11.2 Å². The van der Waals surface area contributed by atoms with Crippen LogP contribution in [0.5, 0.6) is 0 Å². The first-order valence-corrected chi connectivity index (χ1v) is 21.0. The lowest BCUT2D eigenvalue weighted by atomic mass is 9.67. The molecule has 0 spiro atoms. The van der Waals surface area contributed by atoms with E-state index < -0.39 is 5.41 Å². The third kappa shape index (κ3) is 5.57. The smallest absolute Gasteiger partial charge is 0.135 e. The van der Waals surface area contributed by atoms with Gasteiger partial charge in [-0.2, -0.15) is 0 Å². The number of rotatable bonds is 8. The minimum atomic E-state index is -0.455. The third-order valence-electron chi connectivity index (χ3n) is 12.8. The van der Waals surface area contributed by atoms with E-state index >= 15 is 0 Å². The molecule has 0 radical (unpaired) electrons. The Balaban J connectivity index is 0.917. The third-order valence-corrected chi connectivity index (χ3v) is 12.8. The van der Waals surface area contributed by atoms with Crippen LogP contribution in [0.2, 0.25) is 0 Å².